The maximum Gasteiger partial charge on any atom is 0.307 e. The van der Waals surface area contributed by atoms with Gasteiger partial charge in [0, 0.05) is 19.3 Å². The number of hydrogen-bond acceptors (Lipinski definition) is 3. The van der Waals surface area contributed by atoms with E-state index in [1.807, 2.05) is 6.92 Å². The lowest BCUT2D eigenvalue weighted by molar-refractivity contribution is -0.145. The molecule has 1 N–H and O–H groups in total. The Bertz CT molecular complexity index is 228. The minimum Gasteiger partial charge on any atom is -0.481 e. The van der Waals surface area contributed by atoms with Gasteiger partial charge in [0.05, 0.1) is 0 Å². The number of carbonyl (C=O) groups excluding carboxylic acids is 1. The van der Waals surface area contributed by atoms with Gasteiger partial charge in [0.15, 0.2) is 0 Å². The van der Waals surface area contributed by atoms with Gasteiger partial charge in [-0.25, -0.2) is 0 Å². The van der Waals surface area contributed by atoms with Crippen molar-refractivity contribution >= 4 is 57.1 Å². The summed E-state index contributed by atoms with van der Waals surface area (Å²) in [6, 6.07) is 0. The van der Waals surface area contributed by atoms with Gasteiger partial charge in [0.25, 0.3) is 0 Å². The first kappa shape index (κ1) is 15.4. The third-order valence-corrected chi connectivity index (χ3v) is 3.66. The summed E-state index contributed by atoms with van der Waals surface area (Å²) >= 11 is 4.15. The molecule has 6 heteroatoms. The lowest BCUT2D eigenvalue weighted by Gasteiger charge is -2.18. The van der Waals surface area contributed by atoms with E-state index in [9.17, 15) is 9.59 Å². The Morgan fingerprint density at radius 1 is 1.27 bits per heavy atom. The van der Waals surface area contributed by atoms with Crippen LogP contribution in [0.1, 0.15) is 39.0 Å². The minimum absolute atomic E-state index is 0.112. The van der Waals surface area contributed by atoms with Crippen LogP contribution in [0.3, 0.4) is 0 Å². The fraction of sp³-hybridized carbons (Fsp3) is 0.778. The molecule has 0 aromatic heterocycles. The van der Waals surface area contributed by atoms with Crippen molar-refractivity contribution in [2.24, 2.45) is 0 Å². The van der Waals surface area contributed by atoms with Crippen LogP contribution in [0.25, 0.3) is 0 Å². The molecule has 0 spiro atoms. The molecule has 0 amide bonds. The third kappa shape index (κ3) is 9.34. The Balaban J connectivity index is 3.62. The van der Waals surface area contributed by atoms with Crippen LogP contribution in [0.5, 0.6) is 0 Å². The fourth-order valence-electron chi connectivity index (χ4n) is 0.835. The fourth-order valence-corrected chi connectivity index (χ4v) is 1.33. The standard InChI is InChI=1S/C9H14I2O4/c1-2-9(10,11)15-8(14)6-4-3-5-7(12)13/h2-6H2,1H3,(H,12,13). The van der Waals surface area contributed by atoms with Gasteiger partial charge < -0.3 is 9.84 Å². The van der Waals surface area contributed by atoms with Crippen molar-refractivity contribution in [3.63, 3.8) is 0 Å². The van der Waals surface area contributed by atoms with E-state index in [-0.39, 0.29) is 12.4 Å². The number of carbonyl (C=O) groups is 2. The van der Waals surface area contributed by atoms with E-state index in [0.29, 0.717) is 19.3 Å². The second kappa shape index (κ2) is 7.64. The number of aliphatic carboxylic acids is 1. The Labute approximate surface area is 116 Å². The highest BCUT2D eigenvalue weighted by atomic mass is 127. The number of esters is 1. The van der Waals surface area contributed by atoms with Crippen LogP contribution in [0, 0.1) is 0 Å². The lowest BCUT2D eigenvalue weighted by Crippen LogP contribution is -2.19. The summed E-state index contributed by atoms with van der Waals surface area (Å²) in [6.07, 6.45) is 2.24. The molecule has 0 heterocycles. The van der Waals surface area contributed by atoms with Crippen LogP contribution in [0.4, 0.5) is 0 Å². The van der Waals surface area contributed by atoms with Crippen LogP contribution in [-0.2, 0) is 14.3 Å². The SMILES string of the molecule is CCC(I)(I)OC(=O)CCCCC(=O)O. The van der Waals surface area contributed by atoms with Gasteiger partial charge in [0.1, 0.15) is 0 Å². The van der Waals surface area contributed by atoms with Gasteiger partial charge in [-0.15, -0.1) is 0 Å². The molecular weight excluding hydrogens is 426 g/mol. The molecule has 0 fully saturated rings. The molecule has 0 aliphatic heterocycles. The predicted molar refractivity (Wildman–Crippen MR) is 73.3 cm³/mol. The number of hydrogen-bond donors (Lipinski definition) is 1. The van der Waals surface area contributed by atoms with E-state index >= 15 is 0 Å². The van der Waals surface area contributed by atoms with Crippen molar-refractivity contribution in [3.8, 4) is 0 Å². The van der Waals surface area contributed by atoms with Gasteiger partial charge in [-0.1, -0.05) is 6.92 Å². The first-order chi connectivity index (χ1) is 6.87. The van der Waals surface area contributed by atoms with Crippen molar-refractivity contribution in [1.82, 2.24) is 0 Å². The monoisotopic (exact) mass is 440 g/mol. The first-order valence-electron chi connectivity index (χ1n) is 4.69. The molecule has 0 saturated heterocycles. The van der Waals surface area contributed by atoms with Gasteiger partial charge >= 0.3 is 11.9 Å². The summed E-state index contributed by atoms with van der Waals surface area (Å²) in [7, 11) is 0. The van der Waals surface area contributed by atoms with Crippen molar-refractivity contribution < 1.29 is 19.4 Å². The molecule has 0 rings (SSSR count). The molecule has 4 nitrogen and oxygen atoms in total. The Morgan fingerprint density at radius 2 is 1.80 bits per heavy atom. The third-order valence-electron chi connectivity index (χ3n) is 1.70. The number of alkyl halides is 2. The molecule has 0 radical (unpaired) electrons. The molecule has 0 aromatic carbocycles. The van der Waals surface area contributed by atoms with Crippen molar-refractivity contribution in [2.45, 2.75) is 40.6 Å². The quantitative estimate of drug-likeness (QED) is 0.286. The zero-order valence-corrected chi connectivity index (χ0v) is 12.8. The number of carboxylic acids is 1. The molecule has 88 valence electrons. The number of rotatable bonds is 7. The Hall–Kier alpha value is 0.400. The molecule has 0 aliphatic rings. The van der Waals surface area contributed by atoms with Gasteiger partial charge in [-0.2, -0.15) is 0 Å². The Morgan fingerprint density at radius 3 is 2.27 bits per heavy atom. The molecule has 0 bridgehead atoms. The van der Waals surface area contributed by atoms with E-state index in [4.69, 9.17) is 9.84 Å². The highest BCUT2D eigenvalue weighted by molar-refractivity contribution is 14.2. The van der Waals surface area contributed by atoms with E-state index in [1.54, 1.807) is 0 Å². The van der Waals surface area contributed by atoms with Crippen molar-refractivity contribution in [2.75, 3.05) is 0 Å². The summed E-state index contributed by atoms with van der Waals surface area (Å²) in [4.78, 5) is 21.5. The van der Waals surface area contributed by atoms with Gasteiger partial charge in [0.2, 0.25) is 1.61 Å². The summed E-state index contributed by atoms with van der Waals surface area (Å²) in [5, 5.41) is 8.38. The van der Waals surface area contributed by atoms with E-state index in [0.717, 1.165) is 6.42 Å². The normalized spacial score (nSPS) is 11.1. The molecular formula is C9H14I2O4. The van der Waals surface area contributed by atoms with Crippen LogP contribution in [0.2, 0.25) is 0 Å². The van der Waals surface area contributed by atoms with Gasteiger partial charge in [-0.05, 0) is 58.0 Å². The highest BCUT2D eigenvalue weighted by Crippen LogP contribution is 2.33. The zero-order valence-electron chi connectivity index (χ0n) is 8.46. The van der Waals surface area contributed by atoms with E-state index in [1.165, 1.54) is 0 Å². The summed E-state index contributed by atoms with van der Waals surface area (Å²) in [5.41, 5.74) is 0. The maximum atomic E-state index is 11.3. The second-order valence-electron chi connectivity index (χ2n) is 3.07. The van der Waals surface area contributed by atoms with Crippen molar-refractivity contribution in [1.29, 1.82) is 0 Å². The van der Waals surface area contributed by atoms with E-state index < -0.39 is 7.58 Å². The van der Waals surface area contributed by atoms with Gasteiger partial charge in [-0.3, -0.25) is 9.59 Å². The smallest absolute Gasteiger partial charge is 0.307 e. The number of carboxylic acid groups (broad SMARTS) is 1. The number of halogens is 2. The molecule has 0 unspecified atom stereocenters. The topological polar surface area (TPSA) is 63.6 Å². The summed E-state index contributed by atoms with van der Waals surface area (Å²) in [6.45, 7) is 1.94. The molecule has 0 saturated carbocycles. The molecule has 15 heavy (non-hydrogen) atoms. The second-order valence-corrected chi connectivity index (χ2v) is 8.62. The number of unbranched alkanes of at least 4 members (excludes halogenated alkanes) is 1. The highest BCUT2D eigenvalue weighted by Gasteiger charge is 2.24. The molecule has 0 aliphatic carbocycles. The van der Waals surface area contributed by atoms with Crippen molar-refractivity contribution in [3.05, 3.63) is 0 Å². The van der Waals surface area contributed by atoms with Crippen LogP contribution < -0.4 is 0 Å². The molecule has 0 aromatic rings. The minimum atomic E-state index is -0.825. The largest absolute Gasteiger partial charge is 0.481 e. The first-order valence-corrected chi connectivity index (χ1v) is 6.84. The summed E-state index contributed by atoms with van der Waals surface area (Å²) < 4.78 is 4.71. The van der Waals surface area contributed by atoms with Crippen LogP contribution >= 0.6 is 45.2 Å². The average Bonchev–Trinajstić information content (AvgIpc) is 2.11. The maximum absolute atomic E-state index is 11.3. The summed E-state index contributed by atoms with van der Waals surface area (Å²) in [5.74, 6) is -1.08. The predicted octanol–water partition coefficient (Wildman–Crippen LogP) is 3.11. The van der Waals surface area contributed by atoms with Crippen LogP contribution in [0.15, 0.2) is 0 Å². The van der Waals surface area contributed by atoms with Crippen LogP contribution in [-0.4, -0.2) is 18.7 Å². The number of ether oxygens (including phenoxy) is 1. The zero-order chi connectivity index (χ0) is 11.9. The van der Waals surface area contributed by atoms with E-state index in [2.05, 4.69) is 45.2 Å². The average molecular weight is 440 g/mol. The molecule has 0 atom stereocenters. The Kier molecular flexibility index (Phi) is 7.84. The lowest BCUT2D eigenvalue weighted by atomic mass is 10.2.